The lowest BCUT2D eigenvalue weighted by molar-refractivity contribution is -0.138. The summed E-state index contributed by atoms with van der Waals surface area (Å²) >= 11 is 0. The van der Waals surface area contributed by atoms with Crippen molar-refractivity contribution in [1.82, 2.24) is 19.2 Å². The molecule has 3 rings (SSSR count). The van der Waals surface area contributed by atoms with E-state index in [-0.39, 0.29) is 28.9 Å². The first kappa shape index (κ1) is 17.5. The molecule has 0 atom stereocenters. The predicted octanol–water partition coefficient (Wildman–Crippen LogP) is 2.01. The summed E-state index contributed by atoms with van der Waals surface area (Å²) in [4.78, 5) is 7.63. The quantitative estimate of drug-likeness (QED) is 0.838. The molecule has 0 aromatic carbocycles. The second kappa shape index (κ2) is 5.58. The van der Waals surface area contributed by atoms with Crippen LogP contribution < -0.4 is 11.1 Å². The van der Waals surface area contributed by atoms with Gasteiger partial charge in [0.05, 0.1) is 29.5 Å². The molecule has 0 aliphatic heterocycles. The molecule has 1 aliphatic carbocycles. The molecule has 1 fully saturated rings. The minimum atomic E-state index is -4.64. The van der Waals surface area contributed by atoms with Crippen LogP contribution in [0.4, 0.5) is 30.6 Å². The molecule has 1 aliphatic rings. The zero-order chi connectivity index (χ0) is 18.6. The van der Waals surface area contributed by atoms with Gasteiger partial charge < -0.3 is 11.1 Å². The van der Waals surface area contributed by atoms with Gasteiger partial charge in [-0.05, 0) is 19.8 Å². The van der Waals surface area contributed by atoms with Gasteiger partial charge in [0.1, 0.15) is 11.4 Å². The maximum absolute atomic E-state index is 13.2. The number of hydrogen-bond acceptors (Lipinski definition) is 7. The third-order valence-electron chi connectivity index (χ3n) is 3.74. The summed E-state index contributed by atoms with van der Waals surface area (Å²) in [7, 11) is -3.60. The highest BCUT2D eigenvalue weighted by atomic mass is 32.2. The largest absolute Gasteiger partial charge is 0.421 e. The fourth-order valence-electron chi connectivity index (χ4n) is 2.47. The summed E-state index contributed by atoms with van der Waals surface area (Å²) in [5, 5.41) is 6.42. The van der Waals surface area contributed by atoms with Gasteiger partial charge in [-0.2, -0.15) is 27.3 Å². The highest BCUT2D eigenvalue weighted by molar-refractivity contribution is 7.89. The van der Waals surface area contributed by atoms with Crippen LogP contribution in [0.1, 0.15) is 35.7 Å². The minimum absolute atomic E-state index is 0.136. The molecule has 2 heterocycles. The topological polar surface area (TPSA) is 116 Å². The van der Waals surface area contributed by atoms with E-state index >= 15 is 0 Å². The van der Waals surface area contributed by atoms with Crippen LogP contribution in [0.5, 0.6) is 0 Å². The van der Waals surface area contributed by atoms with Crippen molar-refractivity contribution in [3.8, 4) is 0 Å². The molecule has 0 bridgehead atoms. The number of nitrogens with two attached hydrogens (primary N) is 1. The van der Waals surface area contributed by atoms with Crippen molar-refractivity contribution in [2.45, 2.75) is 31.9 Å². The monoisotopic (exact) mass is 376 g/mol. The molecule has 2 aromatic heterocycles. The van der Waals surface area contributed by atoms with E-state index in [0.29, 0.717) is 12.8 Å². The molecule has 0 unspecified atom stereocenters. The standard InChI is InChI=1S/C13H15F3N6O2S/c1-6-8(5-18-22(6)25(2,23)24)19-12-20-10(7-3-4-7)9(11(17)21-12)13(14,15)16/h5,7H,3-4H2,1-2H3,(H3,17,19,20,21). The Morgan fingerprint density at radius 3 is 2.44 bits per heavy atom. The molecule has 0 amide bonds. The van der Waals surface area contributed by atoms with Crippen molar-refractivity contribution in [1.29, 1.82) is 0 Å². The Bertz CT molecular complexity index is 934. The van der Waals surface area contributed by atoms with Crippen molar-refractivity contribution >= 4 is 27.5 Å². The van der Waals surface area contributed by atoms with E-state index in [9.17, 15) is 21.6 Å². The number of anilines is 3. The fourth-order valence-corrected chi connectivity index (χ4v) is 3.28. The first-order valence-electron chi connectivity index (χ1n) is 7.25. The van der Waals surface area contributed by atoms with E-state index in [4.69, 9.17) is 5.73 Å². The molecule has 1 saturated carbocycles. The number of aromatic nitrogens is 4. The van der Waals surface area contributed by atoms with Crippen LogP contribution in [0.2, 0.25) is 0 Å². The number of nitrogens with zero attached hydrogens (tertiary/aromatic N) is 4. The van der Waals surface area contributed by atoms with Crippen molar-refractivity contribution < 1.29 is 21.6 Å². The minimum Gasteiger partial charge on any atom is -0.383 e. The molecule has 0 saturated heterocycles. The predicted molar refractivity (Wildman–Crippen MR) is 83.9 cm³/mol. The fraction of sp³-hybridized carbons (Fsp3) is 0.462. The van der Waals surface area contributed by atoms with Crippen LogP contribution in [-0.2, 0) is 16.2 Å². The average Bonchev–Trinajstić information content (AvgIpc) is 3.21. The summed E-state index contributed by atoms with van der Waals surface area (Å²) in [6, 6.07) is 0. The lowest BCUT2D eigenvalue weighted by atomic mass is 10.1. The van der Waals surface area contributed by atoms with Gasteiger partial charge >= 0.3 is 6.18 Å². The van der Waals surface area contributed by atoms with E-state index < -0.39 is 27.6 Å². The Kier molecular flexibility index (Phi) is 3.89. The van der Waals surface area contributed by atoms with E-state index in [1.54, 1.807) is 0 Å². The summed E-state index contributed by atoms with van der Waals surface area (Å²) in [6.45, 7) is 1.49. The first-order valence-corrected chi connectivity index (χ1v) is 9.10. The smallest absolute Gasteiger partial charge is 0.383 e. The zero-order valence-corrected chi connectivity index (χ0v) is 14.1. The highest BCUT2D eigenvalue weighted by Crippen LogP contribution is 2.46. The first-order chi connectivity index (χ1) is 11.5. The van der Waals surface area contributed by atoms with Crippen LogP contribution in [0.25, 0.3) is 0 Å². The molecule has 25 heavy (non-hydrogen) atoms. The number of alkyl halides is 3. The molecular weight excluding hydrogens is 361 g/mol. The average molecular weight is 376 g/mol. The van der Waals surface area contributed by atoms with Crippen LogP contribution in [0.15, 0.2) is 6.20 Å². The van der Waals surface area contributed by atoms with Crippen LogP contribution in [0, 0.1) is 6.92 Å². The molecule has 0 radical (unpaired) electrons. The second-order valence-corrected chi connectivity index (χ2v) is 7.65. The maximum atomic E-state index is 13.2. The van der Waals surface area contributed by atoms with E-state index in [2.05, 4.69) is 20.4 Å². The number of nitrogens with one attached hydrogen (secondary N) is 1. The van der Waals surface area contributed by atoms with E-state index in [1.807, 2.05) is 0 Å². The van der Waals surface area contributed by atoms with Crippen LogP contribution >= 0.6 is 0 Å². The molecule has 2 aromatic rings. The molecule has 136 valence electrons. The molecule has 0 spiro atoms. The van der Waals surface area contributed by atoms with E-state index in [1.165, 1.54) is 13.1 Å². The Morgan fingerprint density at radius 1 is 1.32 bits per heavy atom. The van der Waals surface area contributed by atoms with Crippen LogP contribution in [-0.4, -0.2) is 33.8 Å². The number of nitrogen functional groups attached to an aromatic ring is 1. The zero-order valence-electron chi connectivity index (χ0n) is 13.3. The van der Waals surface area contributed by atoms with Gasteiger partial charge in [-0.15, -0.1) is 0 Å². The van der Waals surface area contributed by atoms with Gasteiger partial charge in [-0.25, -0.2) is 13.4 Å². The van der Waals surface area contributed by atoms with Gasteiger partial charge in [0.15, 0.2) is 0 Å². The Morgan fingerprint density at radius 2 is 1.96 bits per heavy atom. The third-order valence-corrected chi connectivity index (χ3v) is 4.74. The van der Waals surface area contributed by atoms with Gasteiger partial charge in [-0.3, -0.25) is 0 Å². The molecular formula is C13H15F3N6O2S. The normalized spacial score (nSPS) is 15.4. The Balaban J connectivity index is 2.01. The Hall–Kier alpha value is -2.37. The lowest BCUT2D eigenvalue weighted by Gasteiger charge is -2.15. The molecule has 12 heteroatoms. The summed E-state index contributed by atoms with van der Waals surface area (Å²) in [6.07, 6.45) is -1.23. The summed E-state index contributed by atoms with van der Waals surface area (Å²) in [5.41, 5.74) is 4.86. The maximum Gasteiger partial charge on any atom is 0.421 e. The van der Waals surface area contributed by atoms with Crippen molar-refractivity contribution in [3.63, 3.8) is 0 Å². The summed E-state index contributed by atoms with van der Waals surface area (Å²) < 4.78 is 63.5. The highest BCUT2D eigenvalue weighted by Gasteiger charge is 2.42. The molecule has 3 N–H and O–H groups in total. The molecule has 8 nitrogen and oxygen atoms in total. The van der Waals surface area contributed by atoms with Crippen molar-refractivity contribution in [2.24, 2.45) is 0 Å². The van der Waals surface area contributed by atoms with Gasteiger partial charge in [0.2, 0.25) is 5.95 Å². The SMILES string of the molecule is Cc1c(Nc2nc(N)c(C(F)(F)F)c(C3CC3)n2)cnn1S(C)(=O)=O. The van der Waals surface area contributed by atoms with Gasteiger partial charge in [-0.1, -0.05) is 0 Å². The van der Waals surface area contributed by atoms with Gasteiger partial charge in [0.25, 0.3) is 10.0 Å². The van der Waals surface area contributed by atoms with Crippen LogP contribution in [0.3, 0.4) is 0 Å². The van der Waals surface area contributed by atoms with Crippen molar-refractivity contribution in [3.05, 3.63) is 23.1 Å². The summed E-state index contributed by atoms with van der Waals surface area (Å²) in [5.74, 6) is -1.11. The Labute approximate surface area is 141 Å². The second-order valence-electron chi connectivity index (χ2n) is 5.84. The number of hydrogen-bond donors (Lipinski definition) is 2. The lowest BCUT2D eigenvalue weighted by Crippen LogP contribution is -2.17. The number of halogens is 3. The van der Waals surface area contributed by atoms with E-state index in [0.717, 1.165) is 10.3 Å². The third kappa shape index (κ3) is 3.38. The number of rotatable bonds is 4. The van der Waals surface area contributed by atoms with Gasteiger partial charge in [0, 0.05) is 5.92 Å². The van der Waals surface area contributed by atoms with Crippen molar-refractivity contribution in [2.75, 3.05) is 17.3 Å².